The summed E-state index contributed by atoms with van der Waals surface area (Å²) < 4.78 is 1.28. The van der Waals surface area contributed by atoms with Gasteiger partial charge in [-0.05, 0) is 30.4 Å². The molecule has 0 bridgehead atoms. The molecule has 2 aromatic heterocycles. The molecule has 0 aromatic carbocycles. The molecular weight excluding hydrogens is 270 g/mol. The second kappa shape index (κ2) is 4.74. The maximum atomic E-state index is 12.1. The summed E-state index contributed by atoms with van der Waals surface area (Å²) in [5, 5.41) is 3.35. The molecule has 2 aromatic rings. The quantitative estimate of drug-likeness (QED) is 0.851. The molecule has 1 saturated carbocycles. The van der Waals surface area contributed by atoms with Gasteiger partial charge in [0.1, 0.15) is 5.82 Å². The van der Waals surface area contributed by atoms with Crippen molar-refractivity contribution >= 4 is 33.1 Å². The molecule has 0 unspecified atom stereocenters. The minimum atomic E-state index is 0.333. The summed E-state index contributed by atoms with van der Waals surface area (Å²) in [7, 11) is 0. The lowest BCUT2D eigenvalue weighted by molar-refractivity contribution is -0.132. The van der Waals surface area contributed by atoms with Gasteiger partial charge in [0.05, 0.1) is 0 Å². The standard InChI is InChI=1S/C15H17N3OS/c19-15(11-1-2-11)18-8-6-17(7-9-18)14-12-4-10-20-13(12)3-5-16-14/h3-5,10-11H,1-2,6-9H2. The van der Waals surface area contributed by atoms with Gasteiger partial charge in [0.2, 0.25) is 5.91 Å². The average molecular weight is 287 g/mol. The van der Waals surface area contributed by atoms with E-state index < -0.39 is 0 Å². The van der Waals surface area contributed by atoms with Gasteiger partial charge in [0.25, 0.3) is 0 Å². The first-order chi connectivity index (χ1) is 9.83. The molecule has 0 spiro atoms. The van der Waals surface area contributed by atoms with E-state index in [0.29, 0.717) is 11.8 Å². The van der Waals surface area contributed by atoms with E-state index in [1.807, 2.05) is 11.1 Å². The van der Waals surface area contributed by atoms with Crippen LogP contribution in [0.3, 0.4) is 0 Å². The van der Waals surface area contributed by atoms with Crippen LogP contribution in [0.1, 0.15) is 12.8 Å². The lowest BCUT2D eigenvalue weighted by atomic mass is 10.2. The summed E-state index contributed by atoms with van der Waals surface area (Å²) in [4.78, 5) is 21.0. The van der Waals surface area contributed by atoms with Gasteiger partial charge in [-0.15, -0.1) is 11.3 Å². The topological polar surface area (TPSA) is 36.4 Å². The molecule has 0 N–H and O–H groups in total. The van der Waals surface area contributed by atoms with Gasteiger partial charge in [-0.1, -0.05) is 0 Å². The largest absolute Gasteiger partial charge is 0.353 e. The zero-order chi connectivity index (χ0) is 13.5. The van der Waals surface area contributed by atoms with Crippen molar-refractivity contribution in [3.05, 3.63) is 23.7 Å². The van der Waals surface area contributed by atoms with Gasteiger partial charge < -0.3 is 9.80 Å². The number of pyridine rings is 1. The summed E-state index contributed by atoms with van der Waals surface area (Å²) in [6, 6.07) is 4.21. The van der Waals surface area contributed by atoms with Crippen molar-refractivity contribution in [2.24, 2.45) is 5.92 Å². The van der Waals surface area contributed by atoms with Gasteiger partial charge in [-0.2, -0.15) is 0 Å². The van der Waals surface area contributed by atoms with E-state index in [1.165, 1.54) is 10.1 Å². The van der Waals surface area contributed by atoms with Crippen LogP contribution in [0.25, 0.3) is 10.1 Å². The Morgan fingerprint density at radius 1 is 1.20 bits per heavy atom. The van der Waals surface area contributed by atoms with Crippen LogP contribution < -0.4 is 4.90 Å². The van der Waals surface area contributed by atoms with Crippen molar-refractivity contribution in [2.75, 3.05) is 31.1 Å². The van der Waals surface area contributed by atoms with Crippen LogP contribution in [-0.2, 0) is 4.79 Å². The third-order valence-corrected chi connectivity index (χ3v) is 5.06. The summed E-state index contributed by atoms with van der Waals surface area (Å²) in [6.07, 6.45) is 4.07. The Labute approximate surface area is 122 Å². The van der Waals surface area contributed by atoms with Gasteiger partial charge in [0.15, 0.2) is 0 Å². The molecule has 0 radical (unpaired) electrons. The van der Waals surface area contributed by atoms with Gasteiger partial charge >= 0.3 is 0 Å². The predicted molar refractivity (Wildman–Crippen MR) is 81.1 cm³/mol. The number of carbonyl (C=O) groups is 1. The second-order valence-electron chi connectivity index (χ2n) is 5.55. The first-order valence-electron chi connectivity index (χ1n) is 7.19. The number of fused-ring (bicyclic) bond motifs is 1. The number of hydrogen-bond donors (Lipinski definition) is 0. The van der Waals surface area contributed by atoms with Gasteiger partial charge in [-0.25, -0.2) is 4.98 Å². The minimum Gasteiger partial charge on any atom is -0.353 e. The maximum Gasteiger partial charge on any atom is 0.225 e. The number of piperazine rings is 1. The highest BCUT2D eigenvalue weighted by atomic mass is 32.1. The minimum absolute atomic E-state index is 0.333. The van der Waals surface area contributed by atoms with E-state index in [0.717, 1.165) is 44.8 Å². The number of rotatable bonds is 2. The first kappa shape index (κ1) is 12.1. The lowest BCUT2D eigenvalue weighted by Gasteiger charge is -2.35. The number of amides is 1. The fourth-order valence-electron chi connectivity index (χ4n) is 2.86. The monoisotopic (exact) mass is 287 g/mol. The van der Waals surface area contributed by atoms with Crippen LogP contribution in [-0.4, -0.2) is 42.0 Å². The van der Waals surface area contributed by atoms with Crippen LogP contribution in [0.2, 0.25) is 0 Å². The molecular formula is C15H17N3OS. The molecule has 3 heterocycles. The van der Waals surface area contributed by atoms with E-state index in [9.17, 15) is 4.79 Å². The Hall–Kier alpha value is -1.62. The molecule has 2 fully saturated rings. The SMILES string of the molecule is O=C(C1CC1)N1CCN(c2nccc3sccc23)CC1. The first-order valence-corrected chi connectivity index (χ1v) is 8.07. The number of aromatic nitrogens is 1. The zero-order valence-electron chi connectivity index (χ0n) is 11.3. The van der Waals surface area contributed by atoms with Crippen molar-refractivity contribution in [1.82, 2.24) is 9.88 Å². The fraction of sp³-hybridized carbons (Fsp3) is 0.467. The third-order valence-electron chi connectivity index (χ3n) is 4.18. The number of hydrogen-bond acceptors (Lipinski definition) is 4. The maximum absolute atomic E-state index is 12.1. The van der Waals surface area contributed by atoms with E-state index in [-0.39, 0.29) is 0 Å². The normalized spacial score (nSPS) is 19.6. The molecule has 1 saturated heterocycles. The van der Waals surface area contributed by atoms with E-state index in [4.69, 9.17) is 0 Å². The highest BCUT2D eigenvalue weighted by Crippen LogP contribution is 2.32. The van der Waals surface area contributed by atoms with Crippen molar-refractivity contribution in [2.45, 2.75) is 12.8 Å². The number of nitrogens with zero attached hydrogens (tertiary/aromatic N) is 3. The molecule has 1 amide bonds. The number of anilines is 1. The zero-order valence-corrected chi connectivity index (χ0v) is 12.1. The van der Waals surface area contributed by atoms with E-state index >= 15 is 0 Å². The number of thiophene rings is 1. The fourth-order valence-corrected chi connectivity index (χ4v) is 3.64. The summed E-state index contributed by atoms with van der Waals surface area (Å²) in [6.45, 7) is 3.44. The molecule has 2 aliphatic rings. The lowest BCUT2D eigenvalue weighted by Crippen LogP contribution is -2.49. The number of carbonyl (C=O) groups excluding carboxylic acids is 1. The molecule has 20 heavy (non-hydrogen) atoms. The van der Waals surface area contributed by atoms with Crippen LogP contribution in [0, 0.1) is 5.92 Å². The summed E-state index contributed by atoms with van der Waals surface area (Å²) in [5.74, 6) is 1.77. The highest BCUT2D eigenvalue weighted by molar-refractivity contribution is 7.17. The Kier molecular flexibility index (Phi) is 2.88. The second-order valence-corrected chi connectivity index (χ2v) is 6.50. The van der Waals surface area contributed by atoms with Crippen molar-refractivity contribution in [3.63, 3.8) is 0 Å². The molecule has 1 aliphatic heterocycles. The summed E-state index contributed by atoms with van der Waals surface area (Å²) in [5.41, 5.74) is 0. The molecule has 0 atom stereocenters. The molecule has 1 aliphatic carbocycles. The molecule has 5 heteroatoms. The van der Waals surface area contributed by atoms with Crippen LogP contribution in [0.5, 0.6) is 0 Å². The Balaban J connectivity index is 1.51. The van der Waals surface area contributed by atoms with E-state index in [1.54, 1.807) is 11.3 Å². The van der Waals surface area contributed by atoms with Crippen molar-refractivity contribution in [3.8, 4) is 0 Å². The van der Waals surface area contributed by atoms with Crippen LogP contribution in [0.4, 0.5) is 5.82 Å². The van der Waals surface area contributed by atoms with Crippen molar-refractivity contribution < 1.29 is 4.79 Å². The third kappa shape index (κ3) is 2.06. The highest BCUT2D eigenvalue weighted by Gasteiger charge is 2.34. The Morgan fingerprint density at radius 2 is 2.00 bits per heavy atom. The van der Waals surface area contributed by atoms with Crippen LogP contribution in [0.15, 0.2) is 23.7 Å². The molecule has 104 valence electrons. The Morgan fingerprint density at radius 3 is 2.75 bits per heavy atom. The molecule has 4 nitrogen and oxygen atoms in total. The Bertz CT molecular complexity index is 641. The van der Waals surface area contributed by atoms with E-state index in [2.05, 4.69) is 27.4 Å². The smallest absolute Gasteiger partial charge is 0.225 e. The predicted octanol–water partition coefficient (Wildman–Crippen LogP) is 2.35. The van der Waals surface area contributed by atoms with Gasteiger partial charge in [0, 0.05) is 48.4 Å². The summed E-state index contributed by atoms with van der Waals surface area (Å²) >= 11 is 1.75. The van der Waals surface area contributed by atoms with Crippen LogP contribution >= 0.6 is 11.3 Å². The van der Waals surface area contributed by atoms with Gasteiger partial charge in [-0.3, -0.25) is 4.79 Å². The average Bonchev–Trinajstić information content (AvgIpc) is 3.23. The van der Waals surface area contributed by atoms with Crippen molar-refractivity contribution in [1.29, 1.82) is 0 Å². The molecule has 4 rings (SSSR count).